The number of allylic oxidation sites excluding steroid dienone is 1. The van der Waals surface area contributed by atoms with E-state index in [1.165, 1.54) is 6.08 Å². The Morgan fingerprint density at radius 2 is 2.18 bits per heavy atom. The second-order valence-electron chi connectivity index (χ2n) is 1.73. The van der Waals surface area contributed by atoms with Gasteiger partial charge in [-0.05, 0) is 12.5 Å². The minimum absolute atomic E-state index is 0.208. The van der Waals surface area contributed by atoms with E-state index in [0.29, 0.717) is 0 Å². The van der Waals surface area contributed by atoms with Crippen LogP contribution in [0.5, 0.6) is 0 Å². The quantitative estimate of drug-likeness (QED) is 0.513. The van der Waals surface area contributed by atoms with Crippen LogP contribution in [0.3, 0.4) is 0 Å². The predicted molar refractivity (Wildman–Crippen MR) is 39.4 cm³/mol. The predicted octanol–water partition coefficient (Wildman–Crippen LogP) is 1.29. The topological polar surface area (TPSA) is 83.8 Å². The first-order valence-corrected chi connectivity index (χ1v) is 5.27. The van der Waals surface area contributed by atoms with Crippen LogP contribution in [0.4, 0.5) is 0 Å². The lowest BCUT2D eigenvalue weighted by molar-refractivity contribution is 0.373. The molecule has 0 saturated heterocycles. The molecule has 0 aliphatic heterocycles. The Balaban J connectivity index is 3.41. The van der Waals surface area contributed by atoms with Gasteiger partial charge in [-0.3, -0.25) is 4.57 Å². The molecule has 7 heteroatoms. The summed E-state index contributed by atoms with van der Waals surface area (Å²) >= 11 is 0. The van der Waals surface area contributed by atoms with Gasteiger partial charge in [0.05, 0.1) is 12.4 Å². The molecule has 0 bridgehead atoms. The van der Waals surface area contributed by atoms with Gasteiger partial charge in [0, 0.05) is 0 Å². The van der Waals surface area contributed by atoms with Gasteiger partial charge >= 0.3 is 16.3 Å². The summed E-state index contributed by atoms with van der Waals surface area (Å²) in [6.07, 6.45) is 2.51. The molecule has 0 aromatic carbocycles. The number of hydrogen-bond acceptors (Lipinski definition) is 3. The van der Waals surface area contributed by atoms with E-state index in [9.17, 15) is 9.13 Å². The van der Waals surface area contributed by atoms with Crippen LogP contribution >= 0.6 is 16.3 Å². The first-order valence-electron chi connectivity index (χ1n) is 2.74. The van der Waals surface area contributed by atoms with Crippen LogP contribution in [0.2, 0.25) is 0 Å². The van der Waals surface area contributed by atoms with Crippen molar-refractivity contribution in [2.75, 3.05) is 6.16 Å². The van der Waals surface area contributed by atoms with Gasteiger partial charge in [-0.1, -0.05) is 0 Å². The van der Waals surface area contributed by atoms with E-state index in [4.69, 9.17) is 9.79 Å². The molecule has 0 aromatic heterocycles. The van der Waals surface area contributed by atoms with E-state index in [-0.39, 0.29) is 12.6 Å². The van der Waals surface area contributed by atoms with Crippen molar-refractivity contribution >= 4 is 16.3 Å². The van der Waals surface area contributed by atoms with Crippen LogP contribution in [0.25, 0.3) is 0 Å². The molecule has 0 unspecified atom stereocenters. The largest absolute Gasteiger partial charge is 0.416 e. The lowest BCUT2D eigenvalue weighted by atomic mass is 10.5. The third-order valence-electron chi connectivity index (χ3n) is 0.787. The summed E-state index contributed by atoms with van der Waals surface area (Å²) < 4.78 is 24.1. The SMILES string of the molecule is O=POC=CCCP(=O)(O)O. The van der Waals surface area contributed by atoms with Gasteiger partial charge in [-0.2, -0.15) is 0 Å². The summed E-state index contributed by atoms with van der Waals surface area (Å²) in [7, 11) is -4.37. The molecular weight excluding hydrogens is 190 g/mol. The lowest BCUT2D eigenvalue weighted by Crippen LogP contribution is -1.84. The zero-order valence-corrected chi connectivity index (χ0v) is 7.37. The Bertz CT molecular complexity index is 183. The normalized spacial score (nSPS) is 12.5. The second kappa shape index (κ2) is 5.44. The van der Waals surface area contributed by atoms with Crippen LogP contribution in [-0.4, -0.2) is 15.9 Å². The Morgan fingerprint density at radius 3 is 2.64 bits per heavy atom. The van der Waals surface area contributed by atoms with E-state index in [0.717, 1.165) is 6.26 Å². The van der Waals surface area contributed by atoms with Crippen molar-refractivity contribution in [2.24, 2.45) is 0 Å². The first kappa shape index (κ1) is 10.8. The molecule has 0 rings (SSSR count). The van der Waals surface area contributed by atoms with Gasteiger partial charge in [0.25, 0.3) is 0 Å². The van der Waals surface area contributed by atoms with Crippen molar-refractivity contribution in [1.29, 1.82) is 0 Å². The van der Waals surface area contributed by atoms with E-state index >= 15 is 0 Å². The highest BCUT2D eigenvalue weighted by Gasteiger charge is 2.09. The summed E-state index contributed by atoms with van der Waals surface area (Å²) in [6, 6.07) is 0. The highest BCUT2D eigenvalue weighted by Crippen LogP contribution is 2.34. The zero-order valence-electron chi connectivity index (χ0n) is 5.58. The van der Waals surface area contributed by atoms with Crippen LogP contribution < -0.4 is 0 Å². The number of hydrogen-bond donors (Lipinski definition) is 2. The molecule has 0 saturated carbocycles. The molecule has 0 amide bonds. The first-order chi connectivity index (χ1) is 5.06. The van der Waals surface area contributed by atoms with Crippen molar-refractivity contribution in [3.05, 3.63) is 12.3 Å². The van der Waals surface area contributed by atoms with Crippen molar-refractivity contribution in [1.82, 2.24) is 0 Å². The lowest BCUT2D eigenvalue weighted by Gasteiger charge is -1.97. The smallest absolute Gasteiger partial charge is 0.395 e. The van der Waals surface area contributed by atoms with E-state index in [1.54, 1.807) is 0 Å². The third kappa shape index (κ3) is 9.79. The molecule has 0 heterocycles. The summed E-state index contributed by atoms with van der Waals surface area (Å²) in [5.74, 6) is 0. The maximum Gasteiger partial charge on any atom is 0.395 e. The van der Waals surface area contributed by atoms with E-state index < -0.39 is 16.3 Å². The van der Waals surface area contributed by atoms with Gasteiger partial charge in [0.15, 0.2) is 0 Å². The van der Waals surface area contributed by atoms with Crippen molar-refractivity contribution in [3.63, 3.8) is 0 Å². The second-order valence-corrected chi connectivity index (χ2v) is 3.87. The molecular formula is C4H8O5P2. The minimum atomic E-state index is -3.90. The summed E-state index contributed by atoms with van der Waals surface area (Å²) in [5, 5.41) is 0. The Labute approximate surface area is 65.5 Å². The van der Waals surface area contributed by atoms with E-state index in [2.05, 4.69) is 4.52 Å². The fourth-order valence-corrected chi connectivity index (χ4v) is 1.000. The molecule has 0 radical (unpaired) electrons. The fraction of sp³-hybridized carbons (Fsp3) is 0.500. The molecule has 11 heavy (non-hydrogen) atoms. The fourth-order valence-electron chi connectivity index (χ4n) is 0.379. The average molecular weight is 198 g/mol. The molecule has 0 spiro atoms. The molecule has 0 aliphatic carbocycles. The summed E-state index contributed by atoms with van der Waals surface area (Å²) in [4.78, 5) is 16.7. The Morgan fingerprint density at radius 1 is 1.55 bits per heavy atom. The minimum Gasteiger partial charge on any atom is -0.416 e. The maximum atomic E-state index is 10.2. The Hall–Kier alpha value is -0.210. The highest BCUT2D eigenvalue weighted by atomic mass is 31.2. The van der Waals surface area contributed by atoms with Gasteiger partial charge in [-0.15, -0.1) is 0 Å². The van der Waals surface area contributed by atoms with Crippen molar-refractivity contribution in [2.45, 2.75) is 6.42 Å². The van der Waals surface area contributed by atoms with Gasteiger partial charge in [0.2, 0.25) is 0 Å². The van der Waals surface area contributed by atoms with Gasteiger partial charge < -0.3 is 14.3 Å². The molecule has 0 aromatic rings. The standard InChI is InChI=1S/C4H8O5P2/c5-10-9-3-1-2-4-11(6,7)8/h1,3H,2,4H2,(H2,6,7,8). The van der Waals surface area contributed by atoms with E-state index in [1.807, 2.05) is 0 Å². The van der Waals surface area contributed by atoms with Crippen molar-refractivity contribution < 1.29 is 23.4 Å². The highest BCUT2D eigenvalue weighted by molar-refractivity contribution is 7.51. The zero-order chi connectivity index (χ0) is 8.74. The summed E-state index contributed by atoms with van der Waals surface area (Å²) in [6.45, 7) is 0. The molecule has 0 atom stereocenters. The molecule has 64 valence electrons. The molecule has 2 N–H and O–H groups in total. The maximum absolute atomic E-state index is 10.2. The third-order valence-corrected chi connectivity index (χ3v) is 1.84. The van der Waals surface area contributed by atoms with Gasteiger partial charge in [0.1, 0.15) is 0 Å². The van der Waals surface area contributed by atoms with Crippen molar-refractivity contribution in [3.8, 4) is 0 Å². The average Bonchev–Trinajstić information content (AvgIpc) is 1.85. The molecule has 0 aliphatic rings. The van der Waals surface area contributed by atoms with Crippen LogP contribution in [0, 0.1) is 0 Å². The Kier molecular flexibility index (Phi) is 5.34. The number of rotatable bonds is 5. The summed E-state index contributed by atoms with van der Waals surface area (Å²) in [5.41, 5.74) is 0. The monoisotopic (exact) mass is 198 g/mol. The molecule has 0 fully saturated rings. The van der Waals surface area contributed by atoms with Crippen LogP contribution in [-0.2, 0) is 13.7 Å². The van der Waals surface area contributed by atoms with Crippen LogP contribution in [0.15, 0.2) is 12.3 Å². The molecule has 5 nitrogen and oxygen atoms in total. The van der Waals surface area contributed by atoms with Gasteiger partial charge in [-0.25, -0.2) is 4.57 Å². The van der Waals surface area contributed by atoms with Crippen LogP contribution in [0.1, 0.15) is 6.42 Å².